The van der Waals surface area contributed by atoms with Crippen LogP contribution in [0.15, 0.2) is 18.2 Å². The fraction of sp³-hybridized carbons (Fsp3) is 0.222. The van der Waals surface area contributed by atoms with E-state index in [0.717, 1.165) is 18.2 Å². The molecule has 0 aliphatic carbocycles. The van der Waals surface area contributed by atoms with Gasteiger partial charge in [-0.3, -0.25) is 10.1 Å². The first-order chi connectivity index (χ1) is 7.47. The monoisotopic (exact) mass is 226 g/mol. The van der Waals surface area contributed by atoms with Gasteiger partial charge in [-0.2, -0.15) is 5.26 Å². The lowest BCUT2D eigenvalue weighted by atomic mass is 10.0. The van der Waals surface area contributed by atoms with E-state index in [4.69, 9.17) is 10.4 Å². The number of nitro groups is 1. The number of nitriles is 1. The van der Waals surface area contributed by atoms with Gasteiger partial charge in [-0.25, -0.2) is 4.39 Å². The Bertz CT molecular complexity index is 457. The van der Waals surface area contributed by atoms with Crippen LogP contribution < -0.4 is 0 Å². The topological polar surface area (TPSA) is 107 Å². The molecular weight excluding hydrogens is 219 g/mol. The Morgan fingerprint density at radius 3 is 2.62 bits per heavy atom. The summed E-state index contributed by atoms with van der Waals surface area (Å²) in [6.45, 7) is 0. The molecule has 0 amide bonds. The Balaban J connectivity index is 3.17. The average molecular weight is 226 g/mol. The van der Waals surface area contributed by atoms with Crippen LogP contribution in [0.4, 0.5) is 10.1 Å². The normalized spacial score (nSPS) is 13.9. The smallest absolute Gasteiger partial charge is 0.270 e. The number of nitrogens with zero attached hydrogens (tertiary/aromatic N) is 2. The van der Waals surface area contributed by atoms with Gasteiger partial charge < -0.3 is 10.2 Å². The van der Waals surface area contributed by atoms with Gasteiger partial charge in [0, 0.05) is 17.7 Å². The second kappa shape index (κ2) is 4.65. The molecule has 0 spiro atoms. The zero-order chi connectivity index (χ0) is 12.3. The van der Waals surface area contributed by atoms with Gasteiger partial charge in [0.1, 0.15) is 11.9 Å². The molecule has 0 aromatic heterocycles. The number of nitro benzene ring substituents is 1. The summed E-state index contributed by atoms with van der Waals surface area (Å²) < 4.78 is 13.2. The molecule has 0 heterocycles. The lowest BCUT2D eigenvalue weighted by Crippen LogP contribution is -2.17. The Hall–Kier alpha value is -2.04. The maximum Gasteiger partial charge on any atom is 0.270 e. The fourth-order valence-electron chi connectivity index (χ4n) is 1.11. The minimum Gasteiger partial charge on any atom is -0.384 e. The van der Waals surface area contributed by atoms with Crippen molar-refractivity contribution in [1.82, 2.24) is 0 Å². The minimum absolute atomic E-state index is 0.430. The second-order valence-electron chi connectivity index (χ2n) is 2.98. The van der Waals surface area contributed by atoms with Gasteiger partial charge in [0.25, 0.3) is 5.69 Å². The quantitative estimate of drug-likeness (QED) is 0.447. The van der Waals surface area contributed by atoms with Crippen molar-refractivity contribution < 1.29 is 19.5 Å². The van der Waals surface area contributed by atoms with Crippen molar-refractivity contribution in [3.8, 4) is 6.07 Å². The van der Waals surface area contributed by atoms with E-state index in [1.165, 1.54) is 6.07 Å². The van der Waals surface area contributed by atoms with Gasteiger partial charge in [-0.05, 0) is 6.07 Å². The van der Waals surface area contributed by atoms with Gasteiger partial charge in [-0.15, -0.1) is 0 Å². The molecule has 2 atom stereocenters. The zero-order valence-corrected chi connectivity index (χ0v) is 7.87. The third kappa shape index (κ3) is 2.31. The van der Waals surface area contributed by atoms with Crippen molar-refractivity contribution in [3.63, 3.8) is 0 Å². The van der Waals surface area contributed by atoms with E-state index >= 15 is 0 Å². The van der Waals surface area contributed by atoms with Gasteiger partial charge in [0.2, 0.25) is 0 Å². The minimum atomic E-state index is -1.84. The van der Waals surface area contributed by atoms with Crippen molar-refractivity contribution in [2.45, 2.75) is 12.2 Å². The molecule has 1 rings (SSSR count). The lowest BCUT2D eigenvalue weighted by Gasteiger charge is -2.12. The van der Waals surface area contributed by atoms with Crippen LogP contribution in [0.2, 0.25) is 0 Å². The lowest BCUT2D eigenvalue weighted by molar-refractivity contribution is -0.385. The van der Waals surface area contributed by atoms with Crippen molar-refractivity contribution in [2.75, 3.05) is 0 Å². The Morgan fingerprint density at radius 1 is 1.50 bits per heavy atom. The SMILES string of the molecule is N#CC(O)C(O)c1cc([N+](=O)[O-])ccc1F. The van der Waals surface area contributed by atoms with E-state index in [1.807, 2.05) is 0 Å². The number of aliphatic hydroxyl groups excluding tert-OH is 2. The number of benzene rings is 1. The molecule has 0 aliphatic rings. The number of hydrogen-bond acceptors (Lipinski definition) is 5. The van der Waals surface area contributed by atoms with Crippen molar-refractivity contribution >= 4 is 5.69 Å². The van der Waals surface area contributed by atoms with Crippen LogP contribution >= 0.6 is 0 Å². The molecule has 0 saturated carbocycles. The first-order valence-electron chi connectivity index (χ1n) is 4.17. The van der Waals surface area contributed by atoms with Gasteiger partial charge in [-0.1, -0.05) is 0 Å². The van der Waals surface area contributed by atoms with Crippen LogP contribution in [0, 0.1) is 27.3 Å². The summed E-state index contributed by atoms with van der Waals surface area (Å²) in [5.41, 5.74) is -0.913. The van der Waals surface area contributed by atoms with Crippen molar-refractivity contribution in [2.24, 2.45) is 0 Å². The van der Waals surface area contributed by atoms with E-state index in [2.05, 4.69) is 0 Å². The molecule has 7 heteroatoms. The summed E-state index contributed by atoms with van der Waals surface area (Å²) in [6, 6.07) is 3.80. The highest BCUT2D eigenvalue weighted by molar-refractivity contribution is 5.37. The van der Waals surface area contributed by atoms with E-state index in [-0.39, 0.29) is 0 Å². The second-order valence-corrected chi connectivity index (χ2v) is 2.98. The third-order valence-corrected chi connectivity index (χ3v) is 1.94. The Kier molecular flexibility index (Phi) is 3.50. The molecule has 1 aromatic carbocycles. The van der Waals surface area contributed by atoms with Gasteiger partial charge in [0.15, 0.2) is 6.10 Å². The van der Waals surface area contributed by atoms with E-state index in [1.54, 1.807) is 0 Å². The molecule has 2 unspecified atom stereocenters. The third-order valence-electron chi connectivity index (χ3n) is 1.94. The van der Waals surface area contributed by atoms with Gasteiger partial charge >= 0.3 is 0 Å². The molecule has 0 bridgehead atoms. The van der Waals surface area contributed by atoms with Crippen LogP contribution in [-0.4, -0.2) is 21.2 Å². The van der Waals surface area contributed by atoms with Crippen LogP contribution in [0.5, 0.6) is 0 Å². The predicted molar refractivity (Wildman–Crippen MR) is 49.6 cm³/mol. The molecule has 16 heavy (non-hydrogen) atoms. The van der Waals surface area contributed by atoms with E-state index in [0.29, 0.717) is 0 Å². The summed E-state index contributed by atoms with van der Waals surface area (Å²) in [5.74, 6) is -0.924. The summed E-state index contributed by atoms with van der Waals surface area (Å²) in [7, 11) is 0. The molecular formula is C9H7FN2O4. The van der Waals surface area contributed by atoms with E-state index < -0.39 is 34.2 Å². The molecule has 0 aliphatic heterocycles. The first-order valence-corrected chi connectivity index (χ1v) is 4.17. The molecule has 1 aromatic rings. The van der Waals surface area contributed by atoms with Crippen molar-refractivity contribution in [1.29, 1.82) is 5.26 Å². The molecule has 84 valence electrons. The first kappa shape index (κ1) is 12.0. The van der Waals surface area contributed by atoms with Crippen LogP contribution in [-0.2, 0) is 0 Å². The Labute approximate surface area is 89.3 Å². The highest BCUT2D eigenvalue weighted by atomic mass is 19.1. The highest BCUT2D eigenvalue weighted by Crippen LogP contribution is 2.24. The summed E-state index contributed by atoms with van der Waals surface area (Å²) in [5, 5.41) is 37.0. The number of non-ortho nitro benzene ring substituents is 1. The number of hydrogen-bond donors (Lipinski definition) is 2. The van der Waals surface area contributed by atoms with Crippen molar-refractivity contribution in [3.05, 3.63) is 39.7 Å². The molecule has 0 saturated heterocycles. The summed E-state index contributed by atoms with van der Waals surface area (Å²) in [4.78, 5) is 9.63. The number of halogens is 1. The van der Waals surface area contributed by atoms with Crippen LogP contribution in [0.25, 0.3) is 0 Å². The van der Waals surface area contributed by atoms with Gasteiger partial charge in [0.05, 0.1) is 11.0 Å². The Morgan fingerprint density at radius 2 is 2.12 bits per heavy atom. The largest absolute Gasteiger partial charge is 0.384 e. The molecule has 0 radical (unpaired) electrons. The average Bonchev–Trinajstić information content (AvgIpc) is 2.27. The van der Waals surface area contributed by atoms with Crippen LogP contribution in [0.1, 0.15) is 11.7 Å². The molecule has 6 nitrogen and oxygen atoms in total. The predicted octanol–water partition coefficient (Wildman–Crippen LogP) is 0.652. The fourth-order valence-corrected chi connectivity index (χ4v) is 1.11. The molecule has 2 N–H and O–H groups in total. The standard InChI is InChI=1S/C9H7FN2O4/c10-7-2-1-5(12(15)16)3-6(7)9(14)8(13)4-11/h1-3,8-9,13-14H. The molecule has 0 fully saturated rings. The zero-order valence-electron chi connectivity index (χ0n) is 7.87. The summed E-state index contributed by atoms with van der Waals surface area (Å²) in [6.07, 6.45) is -3.65. The number of aliphatic hydroxyl groups is 2. The number of rotatable bonds is 3. The maximum atomic E-state index is 13.2. The highest BCUT2D eigenvalue weighted by Gasteiger charge is 2.23. The summed E-state index contributed by atoms with van der Waals surface area (Å²) >= 11 is 0. The van der Waals surface area contributed by atoms with Crippen LogP contribution in [0.3, 0.4) is 0 Å². The van der Waals surface area contributed by atoms with E-state index in [9.17, 15) is 19.6 Å². The maximum absolute atomic E-state index is 13.2.